The maximum absolute atomic E-state index is 12.9. The monoisotopic (exact) mass is 569 g/mol. The number of rotatable bonds is 8. The Labute approximate surface area is 249 Å². The molecule has 3 aromatic rings. The number of benzene rings is 2. The molecule has 2 aromatic carbocycles. The highest BCUT2D eigenvalue weighted by molar-refractivity contribution is 5.95. The summed E-state index contributed by atoms with van der Waals surface area (Å²) < 4.78 is 6.17. The number of piperidine rings is 1. The van der Waals surface area contributed by atoms with Gasteiger partial charge in [-0.3, -0.25) is 9.78 Å². The number of amides is 1. The van der Waals surface area contributed by atoms with Crippen LogP contribution in [0.15, 0.2) is 65.7 Å². The van der Waals surface area contributed by atoms with Gasteiger partial charge in [0, 0.05) is 47.7 Å². The Kier molecular flexibility index (Phi) is 9.52. The molecule has 0 saturated carbocycles. The highest BCUT2D eigenvalue weighted by Crippen LogP contribution is 2.43. The van der Waals surface area contributed by atoms with Gasteiger partial charge in [0.05, 0.1) is 11.3 Å². The van der Waals surface area contributed by atoms with E-state index >= 15 is 0 Å². The Morgan fingerprint density at radius 1 is 0.976 bits per heavy atom. The van der Waals surface area contributed by atoms with Crippen LogP contribution in [-0.2, 0) is 16.1 Å². The van der Waals surface area contributed by atoms with Gasteiger partial charge < -0.3 is 20.1 Å². The van der Waals surface area contributed by atoms with Crippen molar-refractivity contribution in [2.75, 3.05) is 18.0 Å². The van der Waals surface area contributed by atoms with Gasteiger partial charge in [-0.05, 0) is 84.6 Å². The molecule has 1 aliphatic rings. The first-order valence-corrected chi connectivity index (χ1v) is 14.6. The second-order valence-electron chi connectivity index (χ2n) is 12.2. The predicted molar refractivity (Wildman–Crippen MR) is 168 cm³/mol. The normalized spacial score (nSPS) is 14.5. The molecule has 2 N–H and O–H groups in total. The first kappa shape index (κ1) is 31.0. The van der Waals surface area contributed by atoms with Crippen LogP contribution in [0.4, 0.5) is 5.69 Å². The Morgan fingerprint density at radius 2 is 1.60 bits per heavy atom. The minimum atomic E-state index is -1.18. The molecule has 2 heterocycles. The Balaban J connectivity index is 1.78. The number of carboxylic acid groups (broad SMARTS) is 1. The van der Waals surface area contributed by atoms with Crippen LogP contribution in [-0.4, -0.2) is 40.7 Å². The largest absolute Gasteiger partial charge is 0.479 e. The van der Waals surface area contributed by atoms with Crippen molar-refractivity contribution < 1.29 is 19.4 Å². The fourth-order valence-electron chi connectivity index (χ4n) is 5.59. The third-order valence-corrected chi connectivity index (χ3v) is 7.66. The van der Waals surface area contributed by atoms with Crippen LogP contribution in [0.5, 0.6) is 0 Å². The number of anilines is 1. The number of allylic oxidation sites excluding steroid dienone is 1. The van der Waals surface area contributed by atoms with Crippen LogP contribution >= 0.6 is 0 Å². The summed E-state index contributed by atoms with van der Waals surface area (Å²) in [6.45, 7) is 15.7. The number of nitrogens with one attached hydrogen (secondary N) is 1. The number of aromatic nitrogens is 1. The third kappa shape index (κ3) is 7.26. The van der Waals surface area contributed by atoms with Crippen molar-refractivity contribution in [1.82, 2.24) is 10.3 Å². The van der Waals surface area contributed by atoms with E-state index in [1.807, 2.05) is 89.2 Å². The van der Waals surface area contributed by atoms with Crippen LogP contribution in [0.25, 0.3) is 11.1 Å². The van der Waals surface area contributed by atoms with E-state index in [2.05, 4.69) is 24.1 Å². The molecule has 1 fully saturated rings. The topological polar surface area (TPSA) is 91.8 Å². The molecule has 4 rings (SSSR count). The lowest BCUT2D eigenvalue weighted by molar-refractivity contribution is -0.160. The third-order valence-electron chi connectivity index (χ3n) is 7.66. The molecule has 0 radical (unpaired) electrons. The highest BCUT2D eigenvalue weighted by atomic mass is 16.5. The zero-order valence-electron chi connectivity index (χ0n) is 25.9. The van der Waals surface area contributed by atoms with Gasteiger partial charge in [0.2, 0.25) is 0 Å². The molecule has 42 heavy (non-hydrogen) atoms. The predicted octanol–water partition coefficient (Wildman–Crippen LogP) is 7.17. The number of carbonyl (C=O) groups is 2. The van der Waals surface area contributed by atoms with Crippen molar-refractivity contribution in [3.8, 4) is 11.1 Å². The number of aryl methyl sites for hydroxylation is 2. The maximum atomic E-state index is 12.9. The first-order chi connectivity index (χ1) is 19.9. The summed E-state index contributed by atoms with van der Waals surface area (Å²) in [6.07, 6.45) is 0.653. The summed E-state index contributed by atoms with van der Waals surface area (Å²) in [6, 6.07) is 17.3. The van der Waals surface area contributed by atoms with Gasteiger partial charge in [-0.2, -0.15) is 0 Å². The molecule has 222 valence electrons. The van der Waals surface area contributed by atoms with Crippen LogP contribution < -0.4 is 10.2 Å². The maximum Gasteiger partial charge on any atom is 0.337 e. The van der Waals surface area contributed by atoms with Crippen molar-refractivity contribution in [2.24, 2.45) is 0 Å². The van der Waals surface area contributed by atoms with Gasteiger partial charge in [-0.25, -0.2) is 4.79 Å². The van der Waals surface area contributed by atoms with Gasteiger partial charge in [0.1, 0.15) is 0 Å². The molecule has 1 saturated heterocycles. The summed E-state index contributed by atoms with van der Waals surface area (Å²) in [5.41, 5.74) is 8.34. The molecule has 0 bridgehead atoms. The van der Waals surface area contributed by atoms with E-state index in [0.717, 1.165) is 54.0 Å². The van der Waals surface area contributed by atoms with Gasteiger partial charge in [-0.1, -0.05) is 53.6 Å². The summed E-state index contributed by atoms with van der Waals surface area (Å²) in [4.78, 5) is 32.7. The zero-order chi connectivity index (χ0) is 30.6. The molecule has 1 atom stereocenters. The van der Waals surface area contributed by atoms with E-state index in [1.54, 1.807) is 0 Å². The number of aliphatic carboxylic acids is 1. The number of pyridine rings is 1. The fraction of sp³-hybridized carbons (Fsp3) is 0.400. The average molecular weight is 570 g/mol. The van der Waals surface area contributed by atoms with Crippen molar-refractivity contribution >= 4 is 17.6 Å². The lowest BCUT2D eigenvalue weighted by atomic mass is 9.91. The molecule has 0 aliphatic carbocycles. The SMILES string of the molecule is CC(C)=C1CCN(c2c(-c3ccc(C(=O)NCc4ccccc4)cc3)c(C)nc(C)c2C(OC(C)(C)C)C(=O)O)CC1. The lowest BCUT2D eigenvalue weighted by Gasteiger charge is -2.37. The van der Waals surface area contributed by atoms with E-state index in [9.17, 15) is 14.7 Å². The summed E-state index contributed by atoms with van der Waals surface area (Å²) in [5, 5.41) is 13.4. The van der Waals surface area contributed by atoms with E-state index in [4.69, 9.17) is 9.72 Å². The van der Waals surface area contributed by atoms with E-state index in [0.29, 0.717) is 23.4 Å². The highest BCUT2D eigenvalue weighted by Gasteiger charge is 2.35. The van der Waals surface area contributed by atoms with Crippen molar-refractivity contribution in [2.45, 2.75) is 79.6 Å². The molecule has 1 aromatic heterocycles. The van der Waals surface area contributed by atoms with Crippen molar-refractivity contribution in [3.63, 3.8) is 0 Å². The van der Waals surface area contributed by atoms with Gasteiger partial charge in [0.15, 0.2) is 6.10 Å². The minimum absolute atomic E-state index is 0.153. The standard InChI is InChI=1S/C35H43N3O4/c1-22(2)26-17-19-38(20-18-26)31-29(23(3)37-24(4)30(31)32(34(40)41)42-35(5,6)7)27-13-15-28(16-14-27)33(39)36-21-25-11-9-8-10-12-25/h8-16,32H,17-21H2,1-7H3,(H,36,39)(H,40,41). The summed E-state index contributed by atoms with van der Waals surface area (Å²) in [5.74, 6) is -1.20. The zero-order valence-corrected chi connectivity index (χ0v) is 25.9. The van der Waals surface area contributed by atoms with Crippen LogP contribution in [0, 0.1) is 13.8 Å². The molecule has 1 amide bonds. The van der Waals surface area contributed by atoms with E-state index in [1.165, 1.54) is 11.1 Å². The van der Waals surface area contributed by atoms with Crippen LogP contribution in [0.1, 0.15) is 86.4 Å². The van der Waals surface area contributed by atoms with Gasteiger partial charge in [0.25, 0.3) is 5.91 Å². The molecule has 7 nitrogen and oxygen atoms in total. The lowest BCUT2D eigenvalue weighted by Crippen LogP contribution is -2.35. The minimum Gasteiger partial charge on any atom is -0.479 e. The number of hydrogen-bond acceptors (Lipinski definition) is 5. The Bertz CT molecular complexity index is 1460. The van der Waals surface area contributed by atoms with Crippen molar-refractivity contribution in [1.29, 1.82) is 0 Å². The molecule has 0 spiro atoms. The van der Waals surface area contributed by atoms with Crippen LogP contribution in [0.2, 0.25) is 0 Å². The number of carbonyl (C=O) groups excluding carboxylic acids is 1. The van der Waals surface area contributed by atoms with Crippen LogP contribution in [0.3, 0.4) is 0 Å². The van der Waals surface area contributed by atoms with Gasteiger partial charge >= 0.3 is 5.97 Å². The number of ether oxygens (including phenoxy) is 1. The van der Waals surface area contributed by atoms with E-state index in [-0.39, 0.29) is 5.91 Å². The fourth-order valence-corrected chi connectivity index (χ4v) is 5.59. The second kappa shape index (κ2) is 12.9. The molecule has 1 unspecified atom stereocenters. The molecular formula is C35H43N3O4. The quantitative estimate of drug-likeness (QED) is 0.279. The van der Waals surface area contributed by atoms with Gasteiger partial charge in [-0.15, -0.1) is 0 Å². The molecule has 7 heteroatoms. The van der Waals surface area contributed by atoms with E-state index < -0.39 is 17.7 Å². The number of carboxylic acids is 1. The summed E-state index contributed by atoms with van der Waals surface area (Å²) >= 11 is 0. The molecular weight excluding hydrogens is 526 g/mol. The first-order valence-electron chi connectivity index (χ1n) is 14.6. The van der Waals surface area contributed by atoms with Crippen molar-refractivity contribution in [3.05, 3.63) is 93.8 Å². The second-order valence-corrected chi connectivity index (χ2v) is 12.2. The molecule has 1 aliphatic heterocycles. The average Bonchev–Trinajstić information content (AvgIpc) is 2.94. The smallest absolute Gasteiger partial charge is 0.337 e. The Hall–Kier alpha value is -3.97. The number of nitrogens with zero attached hydrogens (tertiary/aromatic N) is 2. The number of hydrogen-bond donors (Lipinski definition) is 2. The summed E-state index contributed by atoms with van der Waals surface area (Å²) in [7, 11) is 0. The Morgan fingerprint density at radius 3 is 2.14 bits per heavy atom.